The molecular formula is C18H30N4O9. The summed E-state index contributed by atoms with van der Waals surface area (Å²) in [5, 5.41) is 8.60. The van der Waals surface area contributed by atoms with Gasteiger partial charge in [-0.1, -0.05) is 0 Å². The molecule has 13 heteroatoms. The number of amides is 3. The third-order valence-corrected chi connectivity index (χ3v) is 4.23. The Kier molecular flexibility index (Phi) is 11.2. The van der Waals surface area contributed by atoms with E-state index in [0.717, 1.165) is 0 Å². The van der Waals surface area contributed by atoms with Crippen molar-refractivity contribution in [3.05, 3.63) is 0 Å². The van der Waals surface area contributed by atoms with Crippen molar-refractivity contribution in [2.24, 2.45) is 16.7 Å². The minimum atomic E-state index is -1.18. The number of esters is 2. The van der Waals surface area contributed by atoms with Crippen LogP contribution in [-0.4, -0.2) is 53.9 Å². The molecule has 0 atom stereocenters. The second-order valence-electron chi connectivity index (χ2n) is 6.75. The van der Waals surface area contributed by atoms with Crippen molar-refractivity contribution in [2.45, 2.75) is 53.4 Å². The lowest BCUT2D eigenvalue weighted by molar-refractivity contribution is -0.161. The number of aliphatic carboxylic acids is 1. The quantitative estimate of drug-likeness (QED) is 0.110. The van der Waals surface area contributed by atoms with Gasteiger partial charge < -0.3 is 14.6 Å². The lowest BCUT2D eigenvalue weighted by Crippen LogP contribution is -2.47. The molecule has 0 heterocycles. The van der Waals surface area contributed by atoms with Crippen LogP contribution in [0.4, 0.5) is 0 Å². The Morgan fingerprint density at radius 2 is 1.19 bits per heavy atom. The van der Waals surface area contributed by atoms with E-state index in [4.69, 9.17) is 9.84 Å². The Bertz CT molecular complexity index is 700. The molecule has 0 saturated heterocycles. The lowest BCUT2D eigenvalue weighted by atomic mass is 10.1. The van der Waals surface area contributed by atoms with Gasteiger partial charge in [-0.2, -0.15) is 0 Å². The van der Waals surface area contributed by atoms with E-state index in [9.17, 15) is 28.8 Å². The zero-order valence-electron chi connectivity index (χ0n) is 18.0. The van der Waals surface area contributed by atoms with Gasteiger partial charge in [-0.25, -0.2) is 5.84 Å². The van der Waals surface area contributed by atoms with Crippen LogP contribution >= 0.6 is 0 Å². The first kappa shape index (κ1) is 27.8. The maximum absolute atomic E-state index is 11.5. The predicted octanol–water partition coefficient (Wildman–Crippen LogP) is -1.09. The molecule has 2 saturated carbocycles. The zero-order chi connectivity index (χ0) is 24.2. The van der Waals surface area contributed by atoms with Crippen molar-refractivity contribution < 1.29 is 43.3 Å². The van der Waals surface area contributed by atoms with Crippen molar-refractivity contribution in [3.63, 3.8) is 0 Å². The molecule has 0 radical (unpaired) electrons. The Balaban J connectivity index is 0.000000492. The fraction of sp³-hybridized carbons (Fsp3) is 0.667. The Morgan fingerprint density at radius 1 is 0.806 bits per heavy atom. The number of hydrogen-bond donors (Lipinski definition) is 5. The van der Waals surface area contributed by atoms with Crippen LogP contribution in [-0.2, 0) is 38.2 Å². The molecule has 176 valence electrons. The van der Waals surface area contributed by atoms with Crippen LogP contribution in [0.25, 0.3) is 0 Å². The number of carbonyl (C=O) groups is 6. The minimum absolute atomic E-state index is 0.218. The standard InChI is InChI=1S/C9H14N2O4.C7H10O4.C2H6N2O/c1-3-15-8(14)9(4-5-9)7(13)11-10-6(2)12;1-2-11-6(10)7(3-4-7)5(8)9;1-2(5)4-3/h3-5H2,1-2H3,(H,10,12)(H,11,13);2-4H2,1H3,(H,8,9);3H2,1H3,(H,4,5). The van der Waals surface area contributed by atoms with Gasteiger partial charge in [-0.3, -0.25) is 45.0 Å². The van der Waals surface area contributed by atoms with Gasteiger partial charge in [0, 0.05) is 13.8 Å². The molecule has 2 aliphatic rings. The number of nitrogens with one attached hydrogen (secondary N) is 3. The fourth-order valence-corrected chi connectivity index (χ4v) is 2.08. The van der Waals surface area contributed by atoms with Crippen molar-refractivity contribution in [2.75, 3.05) is 13.2 Å². The van der Waals surface area contributed by atoms with Crippen LogP contribution in [0.3, 0.4) is 0 Å². The zero-order valence-corrected chi connectivity index (χ0v) is 18.0. The summed E-state index contributed by atoms with van der Waals surface area (Å²) in [5.74, 6) is 1.29. The summed E-state index contributed by atoms with van der Waals surface area (Å²) in [6.07, 6.45) is 1.77. The van der Waals surface area contributed by atoms with Crippen molar-refractivity contribution in [1.82, 2.24) is 16.3 Å². The van der Waals surface area contributed by atoms with Crippen LogP contribution in [0.1, 0.15) is 53.4 Å². The number of rotatable bonds is 6. The summed E-state index contributed by atoms with van der Waals surface area (Å²) < 4.78 is 9.40. The molecule has 0 bridgehead atoms. The lowest BCUT2D eigenvalue weighted by Gasteiger charge is -2.13. The predicted molar refractivity (Wildman–Crippen MR) is 104 cm³/mol. The number of hydrogen-bond acceptors (Lipinski definition) is 9. The first-order chi connectivity index (χ1) is 14.4. The van der Waals surface area contributed by atoms with Crippen LogP contribution in [0.15, 0.2) is 0 Å². The van der Waals surface area contributed by atoms with Crippen molar-refractivity contribution in [3.8, 4) is 0 Å². The molecule has 0 aromatic rings. The van der Waals surface area contributed by atoms with Gasteiger partial charge in [0.25, 0.3) is 5.91 Å². The van der Waals surface area contributed by atoms with Gasteiger partial charge in [0.1, 0.15) is 5.41 Å². The van der Waals surface area contributed by atoms with E-state index in [-0.39, 0.29) is 25.0 Å². The molecule has 0 aromatic carbocycles. The maximum Gasteiger partial charge on any atom is 0.323 e. The van der Waals surface area contributed by atoms with Gasteiger partial charge in [-0.15, -0.1) is 0 Å². The highest BCUT2D eigenvalue weighted by Gasteiger charge is 2.59. The first-order valence-corrected chi connectivity index (χ1v) is 9.55. The number of hydrazine groups is 2. The smallest absolute Gasteiger partial charge is 0.323 e. The number of nitrogens with two attached hydrogens (primary N) is 1. The maximum atomic E-state index is 11.5. The second-order valence-corrected chi connectivity index (χ2v) is 6.75. The molecule has 2 rings (SSSR count). The van der Waals surface area contributed by atoms with Crippen LogP contribution in [0.5, 0.6) is 0 Å². The molecule has 2 fully saturated rings. The van der Waals surface area contributed by atoms with Crippen LogP contribution in [0.2, 0.25) is 0 Å². The van der Waals surface area contributed by atoms with Gasteiger partial charge in [-0.05, 0) is 39.5 Å². The van der Waals surface area contributed by atoms with E-state index >= 15 is 0 Å². The molecule has 31 heavy (non-hydrogen) atoms. The second kappa shape index (κ2) is 12.5. The summed E-state index contributed by atoms with van der Waals surface area (Å²) in [6.45, 7) is 6.45. The van der Waals surface area contributed by atoms with E-state index in [0.29, 0.717) is 25.7 Å². The molecule has 0 spiro atoms. The Hall–Kier alpha value is -3.22. The summed E-state index contributed by atoms with van der Waals surface area (Å²) in [5.41, 5.74) is 3.96. The molecule has 13 nitrogen and oxygen atoms in total. The number of ether oxygens (including phenoxy) is 2. The van der Waals surface area contributed by atoms with Gasteiger partial charge in [0.2, 0.25) is 11.8 Å². The SMILES string of the molecule is CC(=O)NN.CCOC(=O)C1(C(=O)NNC(C)=O)CC1.CCOC(=O)C1(C(=O)O)CC1. The topological polar surface area (TPSA) is 203 Å². The number of carboxylic acids is 1. The van der Waals surface area contributed by atoms with E-state index < -0.39 is 34.6 Å². The van der Waals surface area contributed by atoms with Gasteiger partial charge in [0.05, 0.1) is 13.2 Å². The normalized spacial score (nSPS) is 15.8. The molecule has 0 aliphatic heterocycles. The van der Waals surface area contributed by atoms with Crippen LogP contribution < -0.4 is 22.1 Å². The van der Waals surface area contributed by atoms with Crippen molar-refractivity contribution in [1.29, 1.82) is 0 Å². The fourth-order valence-electron chi connectivity index (χ4n) is 2.08. The third kappa shape index (κ3) is 8.58. The minimum Gasteiger partial charge on any atom is -0.480 e. The molecule has 0 unspecified atom stereocenters. The van der Waals surface area contributed by atoms with Gasteiger partial charge >= 0.3 is 17.9 Å². The van der Waals surface area contributed by atoms with E-state index in [1.807, 2.05) is 5.43 Å². The summed E-state index contributed by atoms with van der Waals surface area (Å²) in [7, 11) is 0. The Morgan fingerprint density at radius 3 is 1.45 bits per heavy atom. The molecule has 6 N–H and O–H groups in total. The summed E-state index contributed by atoms with van der Waals surface area (Å²) in [6, 6.07) is 0. The third-order valence-electron chi connectivity index (χ3n) is 4.23. The largest absolute Gasteiger partial charge is 0.480 e. The molecule has 2 aliphatic carbocycles. The Labute approximate surface area is 179 Å². The average molecular weight is 446 g/mol. The van der Waals surface area contributed by atoms with E-state index in [1.54, 1.807) is 13.8 Å². The van der Waals surface area contributed by atoms with E-state index in [2.05, 4.69) is 21.4 Å². The van der Waals surface area contributed by atoms with E-state index in [1.165, 1.54) is 13.8 Å². The molecule has 3 amide bonds. The first-order valence-electron chi connectivity index (χ1n) is 9.55. The summed E-state index contributed by atoms with van der Waals surface area (Å²) in [4.78, 5) is 64.5. The van der Waals surface area contributed by atoms with Crippen LogP contribution in [0, 0.1) is 10.8 Å². The highest BCUT2D eigenvalue weighted by molar-refractivity contribution is 6.06. The number of carbonyl (C=O) groups excluding carboxylic acids is 5. The average Bonchev–Trinajstić information content (AvgIpc) is 3.60. The monoisotopic (exact) mass is 446 g/mol. The highest BCUT2D eigenvalue weighted by atomic mass is 16.5. The highest BCUT2D eigenvalue weighted by Crippen LogP contribution is 2.47. The molecule has 0 aromatic heterocycles. The van der Waals surface area contributed by atoms with Gasteiger partial charge in [0.15, 0.2) is 5.41 Å². The number of carboxylic acid groups (broad SMARTS) is 1. The molecular weight excluding hydrogens is 416 g/mol. The van der Waals surface area contributed by atoms with Crippen molar-refractivity contribution >= 4 is 35.6 Å². The summed E-state index contributed by atoms with van der Waals surface area (Å²) >= 11 is 0.